The standard InChI is InChI=1S/C13H10ClFO2S/c1-18(16,17)13-5-3-2-4-10(13)9-6-7-12(15)11(14)8-9/h2-8H,1H3. The Bertz CT molecular complexity index is 696. The molecule has 0 N–H and O–H groups in total. The molecule has 0 spiro atoms. The molecule has 0 saturated carbocycles. The van der Waals surface area contributed by atoms with Crippen molar-refractivity contribution in [3.63, 3.8) is 0 Å². The van der Waals surface area contributed by atoms with Crippen molar-refractivity contribution in [3.05, 3.63) is 53.3 Å². The van der Waals surface area contributed by atoms with E-state index in [0.717, 1.165) is 6.26 Å². The maximum atomic E-state index is 13.1. The fourth-order valence-electron chi connectivity index (χ4n) is 1.69. The smallest absolute Gasteiger partial charge is 0.176 e. The Morgan fingerprint density at radius 1 is 1.11 bits per heavy atom. The maximum absolute atomic E-state index is 13.1. The summed E-state index contributed by atoms with van der Waals surface area (Å²) in [6.45, 7) is 0. The van der Waals surface area contributed by atoms with E-state index in [4.69, 9.17) is 11.6 Å². The molecular weight excluding hydrogens is 275 g/mol. The zero-order chi connectivity index (χ0) is 13.3. The lowest BCUT2D eigenvalue weighted by atomic mass is 10.1. The van der Waals surface area contributed by atoms with Gasteiger partial charge in [-0.3, -0.25) is 0 Å². The lowest BCUT2D eigenvalue weighted by Crippen LogP contribution is -1.99. The summed E-state index contributed by atoms with van der Waals surface area (Å²) in [5, 5.41) is -0.0317. The highest BCUT2D eigenvalue weighted by molar-refractivity contribution is 7.90. The largest absolute Gasteiger partial charge is 0.224 e. The summed E-state index contributed by atoms with van der Waals surface area (Å²) in [6.07, 6.45) is 1.14. The van der Waals surface area contributed by atoms with Crippen LogP contribution in [-0.4, -0.2) is 14.7 Å². The second-order valence-electron chi connectivity index (χ2n) is 3.90. The van der Waals surface area contributed by atoms with Gasteiger partial charge in [0.05, 0.1) is 9.92 Å². The summed E-state index contributed by atoms with van der Waals surface area (Å²) in [5.74, 6) is -0.530. The highest BCUT2D eigenvalue weighted by Gasteiger charge is 2.14. The van der Waals surface area contributed by atoms with E-state index in [2.05, 4.69) is 0 Å². The molecule has 0 aromatic heterocycles. The second kappa shape index (κ2) is 4.71. The fraction of sp³-hybridized carbons (Fsp3) is 0.0769. The number of halogens is 2. The topological polar surface area (TPSA) is 34.1 Å². The third-order valence-electron chi connectivity index (χ3n) is 2.52. The van der Waals surface area contributed by atoms with Crippen LogP contribution in [-0.2, 0) is 9.84 Å². The second-order valence-corrected chi connectivity index (χ2v) is 6.29. The van der Waals surface area contributed by atoms with Gasteiger partial charge in [0.2, 0.25) is 0 Å². The predicted molar refractivity (Wildman–Crippen MR) is 70.0 cm³/mol. The van der Waals surface area contributed by atoms with Gasteiger partial charge in [-0.1, -0.05) is 35.9 Å². The van der Waals surface area contributed by atoms with E-state index in [9.17, 15) is 12.8 Å². The third-order valence-corrected chi connectivity index (χ3v) is 3.96. The highest BCUT2D eigenvalue weighted by atomic mass is 35.5. The monoisotopic (exact) mass is 284 g/mol. The first-order chi connectivity index (χ1) is 8.39. The molecule has 2 aromatic carbocycles. The average molecular weight is 285 g/mol. The Morgan fingerprint density at radius 3 is 2.39 bits per heavy atom. The lowest BCUT2D eigenvalue weighted by Gasteiger charge is -2.08. The zero-order valence-electron chi connectivity index (χ0n) is 9.52. The van der Waals surface area contributed by atoms with Crippen molar-refractivity contribution in [2.75, 3.05) is 6.26 Å². The van der Waals surface area contributed by atoms with E-state index >= 15 is 0 Å². The molecule has 2 nitrogen and oxygen atoms in total. The van der Waals surface area contributed by atoms with Gasteiger partial charge in [0.25, 0.3) is 0 Å². The average Bonchev–Trinajstić information content (AvgIpc) is 2.32. The normalized spacial score (nSPS) is 11.5. The molecule has 0 heterocycles. The van der Waals surface area contributed by atoms with Crippen LogP contribution in [0.15, 0.2) is 47.4 Å². The Hall–Kier alpha value is -1.39. The molecule has 18 heavy (non-hydrogen) atoms. The van der Waals surface area contributed by atoms with E-state index in [1.807, 2.05) is 0 Å². The minimum Gasteiger partial charge on any atom is -0.224 e. The number of hydrogen-bond acceptors (Lipinski definition) is 2. The van der Waals surface area contributed by atoms with E-state index in [1.54, 1.807) is 18.2 Å². The molecule has 0 aliphatic carbocycles. The Balaban J connectivity index is 2.68. The van der Waals surface area contributed by atoms with Crippen LogP contribution in [0, 0.1) is 5.82 Å². The van der Waals surface area contributed by atoms with Crippen LogP contribution in [0.3, 0.4) is 0 Å². The minimum absolute atomic E-state index is 0.0317. The molecule has 0 atom stereocenters. The Labute approximate surface area is 110 Å². The number of rotatable bonds is 2. The molecule has 0 fully saturated rings. The fourth-order valence-corrected chi connectivity index (χ4v) is 2.78. The molecule has 2 rings (SSSR count). The molecule has 0 aliphatic heterocycles. The molecule has 0 saturated heterocycles. The van der Waals surface area contributed by atoms with Crippen LogP contribution in [0.1, 0.15) is 0 Å². The van der Waals surface area contributed by atoms with Gasteiger partial charge in [-0.15, -0.1) is 0 Å². The van der Waals surface area contributed by atoms with Crippen molar-refractivity contribution in [2.45, 2.75) is 4.90 Å². The molecule has 0 radical (unpaired) electrons. The summed E-state index contributed by atoms with van der Waals surface area (Å²) in [6, 6.07) is 10.7. The quantitative estimate of drug-likeness (QED) is 0.845. The van der Waals surface area contributed by atoms with E-state index in [1.165, 1.54) is 24.3 Å². The summed E-state index contributed by atoms with van der Waals surface area (Å²) >= 11 is 5.71. The van der Waals surface area contributed by atoms with Gasteiger partial charge < -0.3 is 0 Å². The summed E-state index contributed by atoms with van der Waals surface area (Å²) < 4.78 is 36.4. The van der Waals surface area contributed by atoms with Gasteiger partial charge in [0.1, 0.15) is 5.82 Å². The highest BCUT2D eigenvalue weighted by Crippen LogP contribution is 2.29. The summed E-state index contributed by atoms with van der Waals surface area (Å²) in [7, 11) is -3.34. The van der Waals surface area contributed by atoms with Crippen molar-refractivity contribution in [2.24, 2.45) is 0 Å². The van der Waals surface area contributed by atoms with Crippen LogP contribution in [0.25, 0.3) is 11.1 Å². The number of sulfone groups is 1. The molecule has 5 heteroatoms. The van der Waals surface area contributed by atoms with Gasteiger partial charge in [-0.2, -0.15) is 0 Å². The van der Waals surface area contributed by atoms with E-state index in [-0.39, 0.29) is 9.92 Å². The first-order valence-electron chi connectivity index (χ1n) is 5.14. The lowest BCUT2D eigenvalue weighted by molar-refractivity contribution is 0.602. The molecule has 0 amide bonds. The summed E-state index contributed by atoms with van der Waals surface area (Å²) in [5.41, 5.74) is 1.09. The Morgan fingerprint density at radius 2 is 1.78 bits per heavy atom. The van der Waals surface area contributed by atoms with Crippen molar-refractivity contribution in [1.29, 1.82) is 0 Å². The van der Waals surface area contributed by atoms with Gasteiger partial charge >= 0.3 is 0 Å². The molecule has 0 unspecified atom stereocenters. The maximum Gasteiger partial charge on any atom is 0.176 e. The minimum atomic E-state index is -3.34. The van der Waals surface area contributed by atoms with Crippen LogP contribution >= 0.6 is 11.6 Å². The number of benzene rings is 2. The van der Waals surface area contributed by atoms with Gasteiger partial charge in [-0.05, 0) is 23.8 Å². The first-order valence-corrected chi connectivity index (χ1v) is 7.41. The van der Waals surface area contributed by atoms with E-state index < -0.39 is 15.7 Å². The van der Waals surface area contributed by atoms with Crippen LogP contribution < -0.4 is 0 Å². The zero-order valence-corrected chi connectivity index (χ0v) is 11.1. The van der Waals surface area contributed by atoms with Crippen molar-refractivity contribution in [3.8, 4) is 11.1 Å². The molecule has 2 aromatic rings. The summed E-state index contributed by atoms with van der Waals surface area (Å²) in [4.78, 5) is 0.202. The van der Waals surface area contributed by atoms with Crippen molar-refractivity contribution in [1.82, 2.24) is 0 Å². The van der Waals surface area contributed by atoms with Crippen LogP contribution in [0.4, 0.5) is 4.39 Å². The molecule has 0 bridgehead atoms. The van der Waals surface area contributed by atoms with Gasteiger partial charge in [0.15, 0.2) is 9.84 Å². The Kier molecular flexibility index (Phi) is 3.41. The van der Waals surface area contributed by atoms with Gasteiger partial charge in [-0.25, -0.2) is 12.8 Å². The van der Waals surface area contributed by atoms with E-state index in [0.29, 0.717) is 11.1 Å². The first kappa shape index (κ1) is 13.1. The SMILES string of the molecule is CS(=O)(=O)c1ccccc1-c1ccc(F)c(Cl)c1. The molecule has 0 aliphatic rings. The van der Waals surface area contributed by atoms with Crippen LogP contribution in [0.5, 0.6) is 0 Å². The van der Waals surface area contributed by atoms with Crippen molar-refractivity contribution >= 4 is 21.4 Å². The van der Waals surface area contributed by atoms with Gasteiger partial charge in [0, 0.05) is 11.8 Å². The number of hydrogen-bond donors (Lipinski definition) is 0. The van der Waals surface area contributed by atoms with Crippen LogP contribution in [0.2, 0.25) is 5.02 Å². The third kappa shape index (κ3) is 2.54. The predicted octanol–water partition coefficient (Wildman–Crippen LogP) is 3.55. The molecule has 94 valence electrons. The molecular formula is C13H10ClFO2S. The van der Waals surface area contributed by atoms with Crippen molar-refractivity contribution < 1.29 is 12.8 Å².